The molecule has 138 valence electrons. The first kappa shape index (κ1) is 18.5. The minimum Gasteiger partial charge on any atom is -0.370 e. The second-order valence-corrected chi connectivity index (χ2v) is 8.34. The lowest BCUT2D eigenvalue weighted by Crippen LogP contribution is -2.38. The maximum atomic E-state index is 12.4. The van der Waals surface area contributed by atoms with Crippen molar-refractivity contribution in [1.29, 1.82) is 0 Å². The first-order valence-electron chi connectivity index (χ1n) is 8.71. The van der Waals surface area contributed by atoms with Crippen LogP contribution in [0.5, 0.6) is 0 Å². The summed E-state index contributed by atoms with van der Waals surface area (Å²) in [5, 5.41) is 0. The molecule has 1 fully saturated rings. The van der Waals surface area contributed by atoms with Gasteiger partial charge in [0.25, 0.3) is 0 Å². The van der Waals surface area contributed by atoms with Crippen molar-refractivity contribution in [3.8, 4) is 0 Å². The molecule has 2 aromatic rings. The van der Waals surface area contributed by atoms with E-state index in [9.17, 15) is 13.2 Å². The third kappa shape index (κ3) is 4.47. The fourth-order valence-corrected chi connectivity index (χ4v) is 4.23. The first-order chi connectivity index (χ1) is 12.5. The lowest BCUT2D eigenvalue weighted by Gasteiger charge is -2.33. The summed E-state index contributed by atoms with van der Waals surface area (Å²) in [4.78, 5) is 17.9. The molecule has 0 atom stereocenters. The van der Waals surface area contributed by atoms with Gasteiger partial charge >= 0.3 is 0 Å². The van der Waals surface area contributed by atoms with Crippen LogP contribution in [0, 0.1) is 5.92 Å². The Hall–Kier alpha value is -2.25. The smallest absolute Gasteiger partial charge is 0.240 e. The maximum Gasteiger partial charge on any atom is 0.240 e. The van der Waals surface area contributed by atoms with Gasteiger partial charge in [0.05, 0.1) is 16.8 Å². The van der Waals surface area contributed by atoms with Crippen LogP contribution in [-0.2, 0) is 10.0 Å². The Morgan fingerprint density at radius 2 is 1.88 bits per heavy atom. The number of ketones is 1. The Morgan fingerprint density at radius 3 is 2.46 bits per heavy atom. The number of nitrogens with one attached hydrogen (secondary N) is 1. The molecule has 1 aliphatic rings. The van der Waals surface area contributed by atoms with E-state index >= 15 is 0 Å². The van der Waals surface area contributed by atoms with Gasteiger partial charge < -0.3 is 4.90 Å². The Kier molecular flexibility index (Phi) is 5.68. The van der Waals surface area contributed by atoms with E-state index in [-0.39, 0.29) is 10.7 Å². The molecule has 3 rings (SSSR count). The average Bonchev–Trinajstić information content (AvgIpc) is 2.67. The number of benzene rings is 1. The van der Waals surface area contributed by atoms with E-state index < -0.39 is 10.0 Å². The van der Waals surface area contributed by atoms with Crippen molar-refractivity contribution in [3.63, 3.8) is 0 Å². The van der Waals surface area contributed by atoms with Gasteiger partial charge in [-0.1, -0.05) is 12.1 Å². The number of anilines is 1. The second-order valence-electron chi connectivity index (χ2n) is 6.57. The van der Waals surface area contributed by atoms with Gasteiger partial charge in [-0.3, -0.25) is 9.78 Å². The van der Waals surface area contributed by atoms with Crippen molar-refractivity contribution in [3.05, 3.63) is 54.4 Å². The number of nitrogens with zero attached hydrogens (tertiary/aromatic N) is 2. The fourth-order valence-electron chi connectivity index (χ4n) is 3.12. The molecule has 0 spiro atoms. The standard InChI is InChI=1S/C19H23N3O3S/c1-15(23)17-4-6-19(7-5-17)26(24,25)21-13-16-8-11-22(12-9-16)18-3-2-10-20-14-18/h2-7,10,14,16,21H,8-9,11-13H2,1H3. The molecule has 0 saturated carbocycles. The van der Waals surface area contributed by atoms with Crippen LogP contribution < -0.4 is 9.62 Å². The van der Waals surface area contributed by atoms with Crippen molar-refractivity contribution in [1.82, 2.24) is 9.71 Å². The molecule has 26 heavy (non-hydrogen) atoms. The molecule has 1 aromatic carbocycles. The van der Waals surface area contributed by atoms with E-state index in [1.54, 1.807) is 18.3 Å². The Bertz CT molecular complexity index is 843. The summed E-state index contributed by atoms with van der Waals surface area (Å²) in [7, 11) is -3.55. The number of aromatic nitrogens is 1. The number of hydrogen-bond acceptors (Lipinski definition) is 5. The molecule has 0 amide bonds. The van der Waals surface area contributed by atoms with Gasteiger partial charge in [0, 0.05) is 31.4 Å². The zero-order chi connectivity index (χ0) is 18.6. The van der Waals surface area contributed by atoms with Gasteiger partial charge in [-0.2, -0.15) is 0 Å². The average molecular weight is 373 g/mol. The number of pyridine rings is 1. The predicted octanol–water partition coefficient (Wildman–Crippen LogP) is 2.48. The number of carbonyl (C=O) groups is 1. The summed E-state index contributed by atoms with van der Waals surface area (Å²) in [5.74, 6) is 0.233. The van der Waals surface area contributed by atoms with Crippen molar-refractivity contribution < 1.29 is 13.2 Å². The number of sulfonamides is 1. The first-order valence-corrected chi connectivity index (χ1v) is 10.2. The molecule has 1 saturated heterocycles. The largest absolute Gasteiger partial charge is 0.370 e. The quantitative estimate of drug-likeness (QED) is 0.787. The highest BCUT2D eigenvalue weighted by Gasteiger charge is 2.22. The summed E-state index contributed by atoms with van der Waals surface area (Å²) in [5.41, 5.74) is 1.61. The molecule has 1 aliphatic heterocycles. The highest BCUT2D eigenvalue weighted by molar-refractivity contribution is 7.89. The van der Waals surface area contributed by atoms with Crippen molar-refractivity contribution in [2.75, 3.05) is 24.5 Å². The molecule has 6 nitrogen and oxygen atoms in total. The second kappa shape index (κ2) is 7.97. The van der Waals surface area contributed by atoms with E-state index in [0.717, 1.165) is 31.6 Å². The van der Waals surface area contributed by atoms with Crippen LogP contribution in [0.15, 0.2) is 53.7 Å². The van der Waals surface area contributed by atoms with Gasteiger partial charge in [-0.25, -0.2) is 13.1 Å². The number of rotatable bonds is 6. The van der Waals surface area contributed by atoms with Gasteiger partial charge in [0.1, 0.15) is 0 Å². The van der Waals surface area contributed by atoms with Gasteiger partial charge in [-0.05, 0) is 49.9 Å². The van der Waals surface area contributed by atoms with Gasteiger partial charge in [-0.15, -0.1) is 0 Å². The monoisotopic (exact) mass is 373 g/mol. The molecule has 0 bridgehead atoms. The highest BCUT2D eigenvalue weighted by Crippen LogP contribution is 2.22. The molecule has 0 unspecified atom stereocenters. The van der Waals surface area contributed by atoms with E-state index in [1.807, 2.05) is 18.3 Å². The predicted molar refractivity (Wildman–Crippen MR) is 101 cm³/mol. The minimum absolute atomic E-state index is 0.0812. The topological polar surface area (TPSA) is 79.4 Å². The SMILES string of the molecule is CC(=O)c1ccc(S(=O)(=O)NCC2CCN(c3cccnc3)CC2)cc1. The van der Waals surface area contributed by atoms with E-state index in [2.05, 4.69) is 14.6 Å². The molecule has 1 N–H and O–H groups in total. The normalized spacial score (nSPS) is 15.8. The maximum absolute atomic E-state index is 12.4. The van der Waals surface area contributed by atoms with E-state index in [1.165, 1.54) is 19.1 Å². The fraction of sp³-hybridized carbons (Fsp3) is 0.368. The molecule has 2 heterocycles. The number of hydrogen-bond donors (Lipinski definition) is 1. The molecule has 7 heteroatoms. The molecule has 0 aliphatic carbocycles. The molecular formula is C19H23N3O3S. The van der Waals surface area contributed by atoms with Crippen LogP contribution in [0.4, 0.5) is 5.69 Å². The highest BCUT2D eigenvalue weighted by atomic mass is 32.2. The van der Waals surface area contributed by atoms with Crippen LogP contribution in [0.3, 0.4) is 0 Å². The Balaban J connectivity index is 1.53. The van der Waals surface area contributed by atoms with Gasteiger partial charge in [0.2, 0.25) is 10.0 Å². The van der Waals surface area contributed by atoms with Crippen LogP contribution in [0.2, 0.25) is 0 Å². The Morgan fingerprint density at radius 1 is 1.19 bits per heavy atom. The zero-order valence-corrected chi connectivity index (χ0v) is 15.6. The Labute approximate surface area is 154 Å². The molecule has 1 aromatic heterocycles. The minimum atomic E-state index is -3.55. The van der Waals surface area contributed by atoms with E-state index in [4.69, 9.17) is 0 Å². The summed E-state index contributed by atoms with van der Waals surface area (Å²) < 4.78 is 27.6. The molecule has 0 radical (unpaired) electrons. The number of piperidine rings is 1. The van der Waals surface area contributed by atoms with Crippen molar-refractivity contribution in [2.45, 2.75) is 24.7 Å². The summed E-state index contributed by atoms with van der Waals surface area (Å²) in [6.07, 6.45) is 5.48. The van der Waals surface area contributed by atoms with Gasteiger partial charge in [0.15, 0.2) is 5.78 Å². The van der Waals surface area contributed by atoms with Crippen molar-refractivity contribution >= 4 is 21.5 Å². The third-order valence-electron chi connectivity index (χ3n) is 4.76. The number of Topliss-reactive ketones (excluding diaryl/α,β-unsaturated/α-hetero) is 1. The zero-order valence-electron chi connectivity index (χ0n) is 14.8. The summed E-state index contributed by atoms with van der Waals surface area (Å²) in [6.45, 7) is 3.67. The number of carbonyl (C=O) groups excluding carboxylic acids is 1. The lowest BCUT2D eigenvalue weighted by atomic mass is 9.97. The van der Waals surface area contributed by atoms with Crippen LogP contribution in [-0.4, -0.2) is 38.8 Å². The lowest BCUT2D eigenvalue weighted by molar-refractivity contribution is 0.101. The van der Waals surface area contributed by atoms with E-state index in [0.29, 0.717) is 18.0 Å². The third-order valence-corrected chi connectivity index (χ3v) is 6.20. The summed E-state index contributed by atoms with van der Waals surface area (Å²) in [6, 6.07) is 10.0. The van der Waals surface area contributed by atoms with Crippen LogP contribution >= 0.6 is 0 Å². The van der Waals surface area contributed by atoms with Crippen molar-refractivity contribution in [2.24, 2.45) is 5.92 Å². The van der Waals surface area contributed by atoms with Crippen LogP contribution in [0.25, 0.3) is 0 Å². The summed E-state index contributed by atoms with van der Waals surface area (Å²) >= 11 is 0. The molecular weight excluding hydrogens is 350 g/mol. The van der Waals surface area contributed by atoms with Crippen LogP contribution in [0.1, 0.15) is 30.1 Å².